The van der Waals surface area contributed by atoms with Gasteiger partial charge in [0.05, 0.1) is 18.7 Å². The van der Waals surface area contributed by atoms with E-state index in [-0.39, 0.29) is 11.3 Å². The number of ketones is 1. The Bertz CT molecular complexity index is 1330. The van der Waals surface area contributed by atoms with Gasteiger partial charge in [0.25, 0.3) is 11.7 Å². The second-order valence-corrected chi connectivity index (χ2v) is 9.59. The zero-order chi connectivity index (χ0) is 27.9. The molecule has 0 bridgehead atoms. The third kappa shape index (κ3) is 6.32. The number of carbonyl (C=O) groups is 2. The minimum atomic E-state index is -0.705. The van der Waals surface area contributed by atoms with Crippen LogP contribution >= 0.6 is 0 Å². The number of hydrogen-bond acceptors (Lipinski definition) is 6. The molecule has 1 saturated heterocycles. The van der Waals surface area contributed by atoms with Gasteiger partial charge in [0.15, 0.2) is 0 Å². The van der Waals surface area contributed by atoms with Crippen molar-refractivity contribution in [2.24, 2.45) is 0 Å². The van der Waals surface area contributed by atoms with Crippen molar-refractivity contribution in [2.45, 2.75) is 33.4 Å². The van der Waals surface area contributed by atoms with Crippen molar-refractivity contribution in [3.05, 3.63) is 101 Å². The molecule has 1 unspecified atom stereocenters. The zero-order valence-corrected chi connectivity index (χ0v) is 23.0. The number of likely N-dealkylation sites (tertiary alicyclic amines) is 1. The van der Waals surface area contributed by atoms with Crippen LogP contribution in [0, 0.1) is 6.92 Å². The van der Waals surface area contributed by atoms with Gasteiger partial charge in [-0.05, 0) is 67.5 Å². The van der Waals surface area contributed by atoms with Crippen LogP contribution in [0.2, 0.25) is 0 Å². The van der Waals surface area contributed by atoms with Crippen LogP contribution in [0.4, 0.5) is 0 Å². The van der Waals surface area contributed by atoms with Gasteiger partial charge in [-0.15, -0.1) is 0 Å². The lowest BCUT2D eigenvalue weighted by molar-refractivity contribution is -0.140. The molecule has 39 heavy (non-hydrogen) atoms. The molecule has 0 saturated carbocycles. The van der Waals surface area contributed by atoms with E-state index in [1.165, 1.54) is 0 Å². The number of nitrogens with zero attached hydrogens (tertiary/aromatic N) is 2. The Morgan fingerprint density at radius 2 is 1.62 bits per heavy atom. The highest BCUT2D eigenvalue weighted by atomic mass is 16.5. The Hall–Kier alpha value is -4.10. The lowest BCUT2D eigenvalue weighted by atomic mass is 9.95. The molecule has 1 heterocycles. The predicted octanol–water partition coefficient (Wildman–Crippen LogP) is 5.35. The highest BCUT2D eigenvalue weighted by Gasteiger charge is 2.46. The van der Waals surface area contributed by atoms with E-state index in [4.69, 9.17) is 9.47 Å². The minimum absolute atomic E-state index is 0.0816. The maximum Gasteiger partial charge on any atom is 0.295 e. The second kappa shape index (κ2) is 12.6. The van der Waals surface area contributed by atoms with Gasteiger partial charge >= 0.3 is 0 Å². The van der Waals surface area contributed by atoms with Crippen LogP contribution in [-0.2, 0) is 16.2 Å². The summed E-state index contributed by atoms with van der Waals surface area (Å²) in [6.45, 7) is 9.25. The first-order chi connectivity index (χ1) is 18.9. The summed E-state index contributed by atoms with van der Waals surface area (Å²) in [4.78, 5) is 30.3. The van der Waals surface area contributed by atoms with Gasteiger partial charge in [-0.2, -0.15) is 0 Å². The lowest BCUT2D eigenvalue weighted by Crippen LogP contribution is -2.38. The van der Waals surface area contributed by atoms with E-state index in [0.717, 1.165) is 29.8 Å². The summed E-state index contributed by atoms with van der Waals surface area (Å²) >= 11 is 0. The fourth-order valence-corrected chi connectivity index (χ4v) is 4.87. The Labute approximate surface area is 230 Å². The largest absolute Gasteiger partial charge is 0.507 e. The summed E-state index contributed by atoms with van der Waals surface area (Å²) in [6.07, 6.45) is 0. The Kier molecular flexibility index (Phi) is 9.04. The maximum atomic E-state index is 13.3. The molecule has 0 aliphatic carbocycles. The highest BCUT2D eigenvalue weighted by Crippen LogP contribution is 2.40. The summed E-state index contributed by atoms with van der Waals surface area (Å²) in [6, 6.07) is 21.6. The van der Waals surface area contributed by atoms with Gasteiger partial charge < -0.3 is 24.4 Å². The fourth-order valence-electron chi connectivity index (χ4n) is 4.87. The number of aryl methyl sites for hydroxylation is 1. The van der Waals surface area contributed by atoms with Crippen molar-refractivity contribution >= 4 is 17.4 Å². The molecule has 7 nitrogen and oxygen atoms in total. The molecule has 4 rings (SSSR count). The zero-order valence-electron chi connectivity index (χ0n) is 23.0. The molecule has 1 amide bonds. The van der Waals surface area contributed by atoms with Crippen LogP contribution in [0.1, 0.15) is 42.1 Å². The quantitative estimate of drug-likeness (QED) is 0.205. The Morgan fingerprint density at radius 3 is 2.23 bits per heavy atom. The standard InChI is InChI=1S/C32H36N2O5/c1-5-33(6-2)18-19-34-29(24-10-14-26(38-4)15-11-24)28(31(36)32(34)37)30(35)25-12-16-27(17-13-25)39-21-23-9-7-8-22(3)20-23/h7-17,20,29,35H,5-6,18-19,21H2,1-4H3/b30-28-. The Balaban J connectivity index is 1.64. The summed E-state index contributed by atoms with van der Waals surface area (Å²) in [5, 5.41) is 11.4. The van der Waals surface area contributed by atoms with Crippen LogP contribution in [-0.4, -0.2) is 59.9 Å². The predicted molar refractivity (Wildman–Crippen MR) is 152 cm³/mol. The molecule has 1 aliphatic heterocycles. The van der Waals surface area contributed by atoms with E-state index in [1.54, 1.807) is 48.4 Å². The molecule has 7 heteroatoms. The molecule has 204 valence electrons. The van der Waals surface area contributed by atoms with Crippen molar-refractivity contribution in [2.75, 3.05) is 33.3 Å². The number of benzene rings is 3. The van der Waals surface area contributed by atoms with Gasteiger partial charge in [-0.25, -0.2) is 0 Å². The summed E-state index contributed by atoms with van der Waals surface area (Å²) in [7, 11) is 1.58. The average Bonchev–Trinajstić information content (AvgIpc) is 3.21. The number of aliphatic hydroxyl groups is 1. The Morgan fingerprint density at radius 1 is 0.949 bits per heavy atom. The van der Waals surface area contributed by atoms with Gasteiger partial charge in [0.2, 0.25) is 0 Å². The van der Waals surface area contributed by atoms with E-state index < -0.39 is 17.7 Å². The van der Waals surface area contributed by atoms with Crippen LogP contribution in [0.3, 0.4) is 0 Å². The third-order valence-electron chi connectivity index (χ3n) is 7.14. The van der Waals surface area contributed by atoms with E-state index in [1.807, 2.05) is 37.3 Å². The number of hydrogen-bond donors (Lipinski definition) is 1. The topological polar surface area (TPSA) is 79.3 Å². The van der Waals surface area contributed by atoms with Crippen molar-refractivity contribution in [1.82, 2.24) is 9.80 Å². The van der Waals surface area contributed by atoms with Crippen molar-refractivity contribution < 1.29 is 24.2 Å². The molecule has 0 radical (unpaired) electrons. The molecular weight excluding hydrogens is 492 g/mol. The molecule has 3 aromatic carbocycles. The first kappa shape index (κ1) is 27.9. The van der Waals surface area contributed by atoms with E-state index in [2.05, 4.69) is 24.8 Å². The summed E-state index contributed by atoms with van der Waals surface area (Å²) < 4.78 is 11.2. The fraction of sp³-hybridized carbons (Fsp3) is 0.312. The average molecular weight is 529 g/mol. The minimum Gasteiger partial charge on any atom is -0.507 e. The SMILES string of the molecule is CCN(CC)CCN1C(=O)C(=O)/C(=C(\O)c2ccc(OCc3cccc(C)c3)cc2)C1c1ccc(OC)cc1. The summed E-state index contributed by atoms with van der Waals surface area (Å²) in [5.74, 6) is -0.195. The van der Waals surface area contributed by atoms with Gasteiger partial charge in [0.1, 0.15) is 23.9 Å². The van der Waals surface area contributed by atoms with Crippen LogP contribution in [0.25, 0.3) is 5.76 Å². The maximum absolute atomic E-state index is 13.3. The first-order valence-corrected chi connectivity index (χ1v) is 13.3. The van der Waals surface area contributed by atoms with Crippen molar-refractivity contribution in [1.29, 1.82) is 0 Å². The monoisotopic (exact) mass is 528 g/mol. The number of likely N-dealkylation sites (N-methyl/N-ethyl adjacent to an activating group) is 1. The second-order valence-electron chi connectivity index (χ2n) is 9.59. The van der Waals surface area contributed by atoms with Gasteiger partial charge in [-0.3, -0.25) is 9.59 Å². The van der Waals surface area contributed by atoms with Gasteiger partial charge in [0, 0.05) is 18.7 Å². The molecule has 1 aliphatic rings. The number of rotatable bonds is 11. The van der Waals surface area contributed by atoms with Crippen molar-refractivity contribution in [3.8, 4) is 11.5 Å². The highest BCUT2D eigenvalue weighted by molar-refractivity contribution is 6.46. The molecule has 3 aromatic rings. The number of aliphatic hydroxyl groups excluding tert-OH is 1. The molecule has 1 atom stereocenters. The van der Waals surface area contributed by atoms with Gasteiger partial charge in [-0.1, -0.05) is 55.8 Å². The van der Waals surface area contributed by atoms with E-state index >= 15 is 0 Å². The van der Waals surface area contributed by atoms with Crippen LogP contribution in [0.5, 0.6) is 11.5 Å². The molecule has 0 spiro atoms. The molecule has 1 N–H and O–H groups in total. The number of amides is 1. The van der Waals surface area contributed by atoms with E-state index in [0.29, 0.717) is 36.8 Å². The molecule has 0 aromatic heterocycles. The number of ether oxygens (including phenoxy) is 2. The third-order valence-corrected chi connectivity index (χ3v) is 7.14. The van der Waals surface area contributed by atoms with E-state index in [9.17, 15) is 14.7 Å². The molecular formula is C32H36N2O5. The number of Topliss-reactive ketones (excluding diaryl/α,β-unsaturated/α-hetero) is 1. The molecule has 1 fully saturated rings. The first-order valence-electron chi connectivity index (χ1n) is 13.3. The van der Waals surface area contributed by atoms with Crippen LogP contribution < -0.4 is 9.47 Å². The number of methoxy groups -OCH3 is 1. The van der Waals surface area contributed by atoms with Crippen LogP contribution in [0.15, 0.2) is 78.4 Å². The number of carbonyl (C=O) groups excluding carboxylic acids is 2. The normalized spacial score (nSPS) is 16.6. The lowest BCUT2D eigenvalue weighted by Gasteiger charge is -2.28. The summed E-state index contributed by atoms with van der Waals surface area (Å²) in [5.41, 5.74) is 3.48. The smallest absolute Gasteiger partial charge is 0.295 e. The van der Waals surface area contributed by atoms with Crippen molar-refractivity contribution in [3.63, 3.8) is 0 Å².